The van der Waals surface area contributed by atoms with Gasteiger partial charge in [0.2, 0.25) is 5.91 Å². The molecule has 1 saturated heterocycles. The van der Waals surface area contributed by atoms with Gasteiger partial charge in [-0.25, -0.2) is 0 Å². The van der Waals surface area contributed by atoms with Gasteiger partial charge in [0.25, 0.3) is 0 Å². The van der Waals surface area contributed by atoms with E-state index in [1.165, 1.54) is 0 Å². The number of rotatable bonds is 8. The van der Waals surface area contributed by atoms with Gasteiger partial charge in [-0.3, -0.25) is 4.79 Å². The number of anilines is 1. The molecule has 0 unspecified atom stereocenters. The van der Waals surface area contributed by atoms with Crippen LogP contribution in [0.4, 0.5) is 5.82 Å². The Morgan fingerprint density at radius 2 is 2.07 bits per heavy atom. The number of carbonyl (C=O) groups is 1. The van der Waals surface area contributed by atoms with E-state index in [-0.39, 0.29) is 11.9 Å². The van der Waals surface area contributed by atoms with Gasteiger partial charge in [-0.05, 0) is 37.6 Å². The number of hydrogen-bond acceptors (Lipinski definition) is 7. The van der Waals surface area contributed by atoms with Gasteiger partial charge in [-0.1, -0.05) is 0 Å². The number of nitrogens with one attached hydrogen (secondary N) is 1. The van der Waals surface area contributed by atoms with Crippen molar-refractivity contribution in [3.05, 3.63) is 42.1 Å². The molecule has 1 aliphatic rings. The average molecular weight is 398 g/mol. The summed E-state index contributed by atoms with van der Waals surface area (Å²) in [6, 6.07) is 7.76. The van der Waals surface area contributed by atoms with Gasteiger partial charge in [0, 0.05) is 38.4 Å². The van der Waals surface area contributed by atoms with Crippen LogP contribution in [0.5, 0.6) is 0 Å². The lowest BCUT2D eigenvalue weighted by atomic mass is 10.1. The summed E-state index contributed by atoms with van der Waals surface area (Å²) in [5.41, 5.74) is 0.684. The van der Waals surface area contributed by atoms with Crippen molar-refractivity contribution in [1.29, 1.82) is 0 Å². The lowest BCUT2D eigenvalue weighted by Gasteiger charge is -2.27. The van der Waals surface area contributed by atoms with Crippen LogP contribution < -0.4 is 10.2 Å². The van der Waals surface area contributed by atoms with Crippen molar-refractivity contribution in [2.75, 3.05) is 31.2 Å². The monoisotopic (exact) mass is 398 g/mol. The van der Waals surface area contributed by atoms with Crippen molar-refractivity contribution >= 4 is 17.4 Å². The van der Waals surface area contributed by atoms with E-state index < -0.39 is 0 Å². The van der Waals surface area contributed by atoms with Gasteiger partial charge in [0.15, 0.2) is 11.5 Å². The quantitative estimate of drug-likeness (QED) is 0.616. The number of ether oxygens (including phenoxy) is 1. The molecule has 3 aromatic heterocycles. The fraction of sp³-hybridized carbons (Fsp3) is 0.500. The number of furan rings is 1. The number of hydrogen-bond donors (Lipinski definition) is 1. The Bertz CT molecular complexity index is 933. The Morgan fingerprint density at radius 1 is 1.21 bits per heavy atom. The number of morpholine rings is 1. The highest BCUT2D eigenvalue weighted by Crippen LogP contribution is 2.14. The SMILES string of the molecule is C[C@@H](CCc1ccco1)NC(=O)CCc1nnc2ccc(N3CCOCC3)nn12. The molecule has 0 aliphatic carbocycles. The highest BCUT2D eigenvalue weighted by molar-refractivity contribution is 5.76. The van der Waals surface area contributed by atoms with Crippen LogP contribution in [0.15, 0.2) is 34.9 Å². The van der Waals surface area contributed by atoms with E-state index in [0.29, 0.717) is 37.5 Å². The molecule has 0 saturated carbocycles. The third-order valence-corrected chi connectivity index (χ3v) is 5.04. The van der Waals surface area contributed by atoms with Crippen LogP contribution in [0.1, 0.15) is 31.4 Å². The molecular weight excluding hydrogens is 372 g/mol. The second kappa shape index (κ2) is 9.04. The van der Waals surface area contributed by atoms with Crippen molar-refractivity contribution in [2.45, 2.75) is 38.6 Å². The van der Waals surface area contributed by atoms with E-state index in [0.717, 1.165) is 37.5 Å². The fourth-order valence-corrected chi connectivity index (χ4v) is 3.40. The van der Waals surface area contributed by atoms with Crippen LogP contribution >= 0.6 is 0 Å². The number of aryl methyl sites for hydroxylation is 2. The molecule has 1 fully saturated rings. The molecule has 0 bridgehead atoms. The Hall–Kier alpha value is -2.94. The topological polar surface area (TPSA) is 97.8 Å². The van der Waals surface area contributed by atoms with E-state index in [9.17, 15) is 4.79 Å². The van der Waals surface area contributed by atoms with Crippen molar-refractivity contribution in [1.82, 2.24) is 25.1 Å². The Balaban J connectivity index is 1.32. The predicted octanol–water partition coefficient (Wildman–Crippen LogP) is 1.62. The summed E-state index contributed by atoms with van der Waals surface area (Å²) in [7, 11) is 0. The molecule has 0 aromatic carbocycles. The average Bonchev–Trinajstić information content (AvgIpc) is 3.41. The Morgan fingerprint density at radius 3 is 2.86 bits per heavy atom. The number of amides is 1. The molecule has 1 amide bonds. The molecule has 1 aliphatic heterocycles. The lowest BCUT2D eigenvalue weighted by Crippen LogP contribution is -2.37. The normalized spacial score (nSPS) is 15.6. The van der Waals surface area contributed by atoms with Gasteiger partial charge >= 0.3 is 0 Å². The molecule has 0 radical (unpaired) electrons. The van der Waals surface area contributed by atoms with Crippen LogP contribution in [-0.2, 0) is 22.4 Å². The first-order valence-electron chi connectivity index (χ1n) is 10.0. The zero-order valence-corrected chi connectivity index (χ0v) is 16.6. The molecule has 4 heterocycles. The van der Waals surface area contributed by atoms with E-state index in [1.54, 1.807) is 10.8 Å². The van der Waals surface area contributed by atoms with Crippen LogP contribution in [-0.4, -0.2) is 58.1 Å². The third-order valence-electron chi connectivity index (χ3n) is 5.04. The summed E-state index contributed by atoms with van der Waals surface area (Å²) in [6.07, 6.45) is 4.13. The van der Waals surface area contributed by atoms with Crippen molar-refractivity contribution in [2.24, 2.45) is 0 Å². The molecular formula is C20H26N6O3. The summed E-state index contributed by atoms with van der Waals surface area (Å²) in [5, 5.41) is 16.1. The van der Waals surface area contributed by atoms with E-state index >= 15 is 0 Å². The van der Waals surface area contributed by atoms with E-state index in [4.69, 9.17) is 9.15 Å². The lowest BCUT2D eigenvalue weighted by molar-refractivity contribution is -0.121. The van der Waals surface area contributed by atoms with Gasteiger partial charge in [-0.2, -0.15) is 4.52 Å². The van der Waals surface area contributed by atoms with Gasteiger partial charge in [0.05, 0.1) is 19.5 Å². The first-order valence-corrected chi connectivity index (χ1v) is 10.0. The number of carbonyl (C=O) groups excluding carboxylic acids is 1. The summed E-state index contributed by atoms with van der Waals surface area (Å²) in [4.78, 5) is 14.5. The minimum Gasteiger partial charge on any atom is -0.469 e. The summed E-state index contributed by atoms with van der Waals surface area (Å²) < 4.78 is 12.5. The number of aromatic nitrogens is 4. The molecule has 3 aromatic rings. The number of fused-ring (bicyclic) bond motifs is 1. The van der Waals surface area contributed by atoms with Crippen LogP contribution in [0.2, 0.25) is 0 Å². The highest BCUT2D eigenvalue weighted by atomic mass is 16.5. The van der Waals surface area contributed by atoms with Crippen molar-refractivity contribution in [3.8, 4) is 0 Å². The van der Waals surface area contributed by atoms with Crippen molar-refractivity contribution < 1.29 is 13.9 Å². The largest absolute Gasteiger partial charge is 0.469 e. The van der Waals surface area contributed by atoms with Crippen LogP contribution in [0, 0.1) is 0 Å². The Kier molecular flexibility index (Phi) is 6.04. The van der Waals surface area contributed by atoms with Gasteiger partial charge < -0.3 is 19.4 Å². The fourth-order valence-electron chi connectivity index (χ4n) is 3.40. The van der Waals surface area contributed by atoms with Crippen LogP contribution in [0.25, 0.3) is 5.65 Å². The summed E-state index contributed by atoms with van der Waals surface area (Å²) in [6.45, 7) is 5.03. The minimum atomic E-state index is -0.00183. The summed E-state index contributed by atoms with van der Waals surface area (Å²) >= 11 is 0. The van der Waals surface area contributed by atoms with Gasteiger partial charge in [-0.15, -0.1) is 15.3 Å². The maximum atomic E-state index is 12.3. The molecule has 29 heavy (non-hydrogen) atoms. The smallest absolute Gasteiger partial charge is 0.220 e. The molecule has 1 N–H and O–H groups in total. The third kappa shape index (κ3) is 4.92. The first kappa shape index (κ1) is 19.4. The number of nitrogens with zero attached hydrogens (tertiary/aromatic N) is 5. The molecule has 9 nitrogen and oxygen atoms in total. The Labute approximate surface area is 169 Å². The van der Waals surface area contributed by atoms with Gasteiger partial charge in [0.1, 0.15) is 11.6 Å². The standard InChI is InChI=1S/C20H26N6O3/c1-15(4-5-16-3-2-12-29-16)21-20(27)9-8-18-23-22-17-6-7-19(24-26(17)18)25-10-13-28-14-11-25/h2-3,6-7,12,15H,4-5,8-11,13-14H2,1H3,(H,21,27)/t15-/m0/s1. The zero-order chi connectivity index (χ0) is 20.1. The first-order chi connectivity index (χ1) is 14.2. The predicted molar refractivity (Wildman–Crippen MR) is 107 cm³/mol. The van der Waals surface area contributed by atoms with E-state index in [1.807, 2.05) is 31.2 Å². The minimum absolute atomic E-state index is 0.00183. The second-order valence-electron chi connectivity index (χ2n) is 7.26. The molecule has 9 heteroatoms. The zero-order valence-electron chi connectivity index (χ0n) is 16.6. The maximum absolute atomic E-state index is 12.3. The van der Waals surface area contributed by atoms with E-state index in [2.05, 4.69) is 25.5 Å². The molecule has 154 valence electrons. The molecule has 4 rings (SSSR count). The maximum Gasteiger partial charge on any atom is 0.220 e. The highest BCUT2D eigenvalue weighted by Gasteiger charge is 2.16. The second-order valence-corrected chi connectivity index (χ2v) is 7.26. The molecule has 1 atom stereocenters. The van der Waals surface area contributed by atoms with Crippen molar-refractivity contribution in [3.63, 3.8) is 0 Å². The molecule has 0 spiro atoms. The summed E-state index contributed by atoms with van der Waals surface area (Å²) in [5.74, 6) is 2.49. The van der Waals surface area contributed by atoms with Crippen LogP contribution in [0.3, 0.4) is 0 Å².